The van der Waals surface area contributed by atoms with Crippen LogP contribution in [0.25, 0.3) is 4.72 Å². The van der Waals surface area contributed by atoms with Crippen LogP contribution in [0.1, 0.15) is 5.56 Å². The van der Waals surface area contributed by atoms with Gasteiger partial charge in [-0.05, 0) is 24.5 Å². The lowest BCUT2D eigenvalue weighted by Crippen LogP contribution is -2.77. The van der Waals surface area contributed by atoms with E-state index in [0.29, 0.717) is 0 Å². The van der Waals surface area contributed by atoms with Gasteiger partial charge < -0.3 is 15.3 Å². The molecule has 100 valence electrons. The fourth-order valence-electron chi connectivity index (χ4n) is 1.53. The van der Waals surface area contributed by atoms with Crippen molar-refractivity contribution in [2.75, 3.05) is 7.05 Å². The lowest BCUT2D eigenvalue weighted by molar-refractivity contribution is -0.643. The van der Waals surface area contributed by atoms with Gasteiger partial charge in [-0.2, -0.15) is 0 Å². The summed E-state index contributed by atoms with van der Waals surface area (Å²) in [5.74, 6) is -0.0616. The summed E-state index contributed by atoms with van der Waals surface area (Å²) < 4.78 is 27.6. The molecule has 0 aliphatic carbocycles. The number of rotatable bonds is 5. The molecule has 0 bridgehead atoms. The zero-order valence-corrected chi connectivity index (χ0v) is 11.2. The van der Waals surface area contributed by atoms with Crippen molar-refractivity contribution < 1.29 is 13.7 Å². The van der Waals surface area contributed by atoms with Crippen molar-refractivity contribution in [3.8, 4) is 0 Å². The smallest absolute Gasteiger partial charge is 0.229 e. The van der Waals surface area contributed by atoms with Crippen molar-refractivity contribution in [3.05, 3.63) is 53.0 Å². The van der Waals surface area contributed by atoms with Gasteiger partial charge in [-0.3, -0.25) is 4.72 Å². The van der Waals surface area contributed by atoms with E-state index in [4.69, 9.17) is 0 Å². The second-order valence-electron chi connectivity index (χ2n) is 3.87. The highest BCUT2D eigenvalue weighted by atomic mass is 32.2. The monoisotopic (exact) mass is 278 g/mol. The Labute approximate surface area is 112 Å². The molecule has 0 spiro atoms. The lowest BCUT2D eigenvalue weighted by atomic mass is 10.2. The van der Waals surface area contributed by atoms with Crippen LogP contribution in [0.5, 0.6) is 0 Å². The largest absolute Gasteiger partial charge is 0.366 e. The maximum atomic E-state index is 12.0. The fraction of sp³-hybridized carbons (Fsp3) is 0.167. The van der Waals surface area contributed by atoms with E-state index in [1.165, 1.54) is 12.4 Å². The predicted octanol–water partition coefficient (Wildman–Crippen LogP) is 0.564. The lowest BCUT2D eigenvalue weighted by Gasteiger charge is -2.12. The number of hydrogen-bond acceptors (Lipinski definition) is 4. The molecule has 2 aromatic rings. The molecule has 0 atom stereocenters. The zero-order chi connectivity index (χ0) is 13.7. The average Bonchev–Trinajstić information content (AvgIpc) is 2.40. The summed E-state index contributed by atoms with van der Waals surface area (Å²) in [6.07, 6.45) is 2.89. The van der Waals surface area contributed by atoms with E-state index in [1.807, 2.05) is 12.4 Å². The quantitative estimate of drug-likeness (QED) is 0.865. The van der Waals surface area contributed by atoms with Gasteiger partial charge in [0.1, 0.15) is 6.54 Å². The van der Waals surface area contributed by atoms with E-state index in [2.05, 4.69) is 14.7 Å². The summed E-state index contributed by atoms with van der Waals surface area (Å²) in [6.45, 7) is 0.805. The molecule has 0 saturated carbocycles. The van der Waals surface area contributed by atoms with E-state index in [0.717, 1.165) is 12.1 Å². The van der Waals surface area contributed by atoms with Gasteiger partial charge in [-0.1, -0.05) is 18.2 Å². The summed E-state index contributed by atoms with van der Waals surface area (Å²) in [5, 5.41) is 2.01. The van der Waals surface area contributed by atoms with E-state index >= 15 is 0 Å². The van der Waals surface area contributed by atoms with E-state index < -0.39 is 10.0 Å². The Hall–Kier alpha value is -1.99. The van der Waals surface area contributed by atoms with Crippen LogP contribution >= 0.6 is 0 Å². The molecule has 7 heteroatoms. The summed E-state index contributed by atoms with van der Waals surface area (Å²) >= 11 is 0. The molecule has 1 heterocycles. The van der Waals surface area contributed by atoms with Crippen LogP contribution < -0.4 is 5.32 Å². The first kappa shape index (κ1) is 13.4. The molecular formula is C12H14N4O2S. The first-order valence-corrected chi connectivity index (χ1v) is 7.17. The molecule has 1 aromatic heterocycles. The summed E-state index contributed by atoms with van der Waals surface area (Å²) in [7, 11) is -1.80. The molecule has 19 heavy (non-hydrogen) atoms. The second kappa shape index (κ2) is 5.77. The highest BCUT2D eigenvalue weighted by Gasteiger charge is 2.11. The third kappa shape index (κ3) is 3.49. The van der Waals surface area contributed by atoms with Crippen molar-refractivity contribution in [2.24, 2.45) is 0 Å². The van der Waals surface area contributed by atoms with Crippen molar-refractivity contribution >= 4 is 16.0 Å². The van der Waals surface area contributed by atoms with Gasteiger partial charge in [-0.15, -0.1) is 0 Å². The molecule has 0 radical (unpaired) electrons. The summed E-state index contributed by atoms with van der Waals surface area (Å²) in [5.41, 5.74) is 1.05. The molecule has 2 N–H and O–H groups in total. The fourth-order valence-corrected chi connectivity index (χ4v) is 2.43. The van der Waals surface area contributed by atoms with Crippen molar-refractivity contribution in [2.45, 2.75) is 11.4 Å². The molecule has 0 aliphatic rings. The first-order chi connectivity index (χ1) is 9.12. The molecule has 0 fully saturated rings. The van der Waals surface area contributed by atoms with Crippen LogP contribution in [-0.2, 0) is 16.6 Å². The normalized spacial score (nSPS) is 11.2. The zero-order valence-electron chi connectivity index (χ0n) is 10.4. The maximum Gasteiger partial charge on any atom is 0.229 e. The van der Waals surface area contributed by atoms with Gasteiger partial charge in [0, 0.05) is 11.5 Å². The topological polar surface area (TPSA) is 90.6 Å². The Balaban J connectivity index is 2.20. The van der Waals surface area contributed by atoms with Crippen LogP contribution in [-0.4, -0.2) is 25.4 Å². The van der Waals surface area contributed by atoms with Crippen molar-refractivity contribution in [3.63, 3.8) is 0 Å². The van der Waals surface area contributed by atoms with Crippen LogP contribution in [0.3, 0.4) is 0 Å². The summed E-state index contributed by atoms with van der Waals surface area (Å²) in [6, 6.07) is 8.23. The first-order valence-electron chi connectivity index (χ1n) is 5.73. The van der Waals surface area contributed by atoms with Crippen molar-refractivity contribution in [1.29, 1.82) is 0 Å². The summed E-state index contributed by atoms with van der Waals surface area (Å²) in [4.78, 5) is 7.69. The van der Waals surface area contributed by atoms with Gasteiger partial charge in [-0.25, -0.2) is 8.42 Å². The van der Waals surface area contributed by atoms with Gasteiger partial charge in [0.15, 0.2) is 0 Å². The van der Waals surface area contributed by atoms with Gasteiger partial charge in [0.05, 0.1) is 11.9 Å². The minimum atomic E-state index is -3.76. The molecule has 6 nitrogen and oxygen atoms in total. The number of nitrogens with zero attached hydrogens (tertiary/aromatic N) is 3. The Bertz CT molecular complexity index is 627. The highest BCUT2D eigenvalue weighted by Crippen LogP contribution is 2.23. The minimum absolute atomic E-state index is 0.0616. The highest BCUT2D eigenvalue weighted by molar-refractivity contribution is 7.94. The average molecular weight is 278 g/mol. The number of benzene rings is 1. The Kier molecular flexibility index (Phi) is 4.08. The van der Waals surface area contributed by atoms with Gasteiger partial charge in [0.25, 0.3) is 0 Å². The van der Waals surface area contributed by atoms with E-state index in [9.17, 15) is 8.42 Å². The van der Waals surface area contributed by atoms with Gasteiger partial charge in [0.2, 0.25) is 10.0 Å². The second-order valence-corrected chi connectivity index (χ2v) is 5.48. The van der Waals surface area contributed by atoms with Crippen LogP contribution in [0.2, 0.25) is 0 Å². The number of nitrogens with two attached hydrogens (primary N) is 1. The third-order valence-corrected chi connectivity index (χ3v) is 3.69. The number of aromatic nitrogens is 2. The van der Waals surface area contributed by atoms with Crippen LogP contribution in [0, 0.1) is 0 Å². The predicted molar refractivity (Wildman–Crippen MR) is 70.2 cm³/mol. The Morgan fingerprint density at radius 3 is 2.37 bits per heavy atom. The SMILES string of the molecule is C[NH2+]Cc1ccc(S(=O)(=O)[N-]c2ncccn2)cc1. The number of quaternary nitrogens is 1. The molecule has 0 unspecified atom stereocenters. The molecule has 0 amide bonds. The van der Waals surface area contributed by atoms with Crippen LogP contribution in [0.15, 0.2) is 47.6 Å². The minimum Gasteiger partial charge on any atom is -0.366 e. The molecule has 0 aliphatic heterocycles. The molecule has 0 saturated heterocycles. The van der Waals surface area contributed by atoms with E-state index in [-0.39, 0.29) is 10.8 Å². The number of sulfonamides is 1. The molecular weight excluding hydrogens is 264 g/mol. The number of hydrogen-bond donors (Lipinski definition) is 1. The van der Waals surface area contributed by atoms with Gasteiger partial charge >= 0.3 is 0 Å². The molecule has 1 aromatic carbocycles. The van der Waals surface area contributed by atoms with Crippen LogP contribution in [0.4, 0.5) is 5.95 Å². The maximum absolute atomic E-state index is 12.0. The standard InChI is InChI=1S/C12H13N4O2S/c1-13-9-10-3-5-11(6-4-10)19(17,18)16-12-14-7-2-8-15-12/h2-8,13H,9H2,1H3/q-1/p+1. The van der Waals surface area contributed by atoms with Crippen molar-refractivity contribution in [1.82, 2.24) is 9.97 Å². The van der Waals surface area contributed by atoms with E-state index in [1.54, 1.807) is 30.3 Å². The third-order valence-electron chi connectivity index (χ3n) is 2.42. The molecule has 2 rings (SSSR count). The Morgan fingerprint density at radius 2 is 1.79 bits per heavy atom. The Morgan fingerprint density at radius 1 is 1.16 bits per heavy atom.